The van der Waals surface area contributed by atoms with Crippen LogP contribution in [0.1, 0.15) is 17.0 Å². The Bertz CT molecular complexity index is 950. The molecule has 0 fully saturated rings. The highest BCUT2D eigenvalue weighted by atomic mass is 16.5. The average molecular weight is 304 g/mol. The lowest BCUT2D eigenvalue weighted by atomic mass is 10.1. The smallest absolute Gasteiger partial charge is 0.143 e. The van der Waals surface area contributed by atoms with Crippen molar-refractivity contribution >= 4 is 11.0 Å². The Labute approximate surface area is 133 Å². The van der Waals surface area contributed by atoms with Crippen molar-refractivity contribution in [3.63, 3.8) is 0 Å². The van der Waals surface area contributed by atoms with Crippen LogP contribution in [0.15, 0.2) is 53.4 Å². The van der Waals surface area contributed by atoms with Crippen LogP contribution in [0.4, 0.5) is 0 Å². The predicted molar refractivity (Wildman–Crippen MR) is 88.0 cm³/mol. The van der Waals surface area contributed by atoms with E-state index in [1.54, 1.807) is 6.20 Å². The highest BCUT2D eigenvalue weighted by Crippen LogP contribution is 2.27. The predicted octanol–water partition coefficient (Wildman–Crippen LogP) is 3.75. The number of nitrogens with zero attached hydrogens (tertiary/aromatic N) is 4. The Balaban J connectivity index is 1.80. The Kier molecular flexibility index (Phi) is 3.19. The number of aromatic nitrogens is 4. The molecule has 4 aromatic rings. The van der Waals surface area contributed by atoms with Crippen LogP contribution in [0.2, 0.25) is 0 Å². The first-order valence-electron chi connectivity index (χ1n) is 7.50. The van der Waals surface area contributed by atoms with Gasteiger partial charge in [-0.25, -0.2) is 4.98 Å². The van der Waals surface area contributed by atoms with Crippen LogP contribution in [0.25, 0.3) is 22.3 Å². The van der Waals surface area contributed by atoms with E-state index in [2.05, 4.69) is 37.9 Å². The first-order valence-corrected chi connectivity index (χ1v) is 7.50. The zero-order valence-electron chi connectivity index (χ0n) is 13.0. The van der Waals surface area contributed by atoms with E-state index in [-0.39, 0.29) is 0 Å². The topological polar surface area (TPSA) is 56.7 Å². The lowest BCUT2D eigenvalue weighted by molar-refractivity contribution is 0.393. The van der Waals surface area contributed by atoms with Crippen LogP contribution in [0.3, 0.4) is 0 Å². The van der Waals surface area contributed by atoms with Crippen molar-refractivity contribution in [2.45, 2.75) is 20.4 Å². The van der Waals surface area contributed by atoms with E-state index in [0.717, 1.165) is 40.3 Å². The van der Waals surface area contributed by atoms with E-state index in [1.165, 1.54) is 5.56 Å². The van der Waals surface area contributed by atoms with Crippen molar-refractivity contribution in [1.82, 2.24) is 19.7 Å². The number of aryl methyl sites for hydroxylation is 2. The molecule has 0 bridgehead atoms. The lowest BCUT2D eigenvalue weighted by Crippen LogP contribution is -1.98. The molecule has 0 aliphatic heterocycles. The van der Waals surface area contributed by atoms with E-state index < -0.39 is 0 Å². The molecule has 0 amide bonds. The van der Waals surface area contributed by atoms with Crippen molar-refractivity contribution in [1.29, 1.82) is 0 Å². The van der Waals surface area contributed by atoms with E-state index in [9.17, 15) is 0 Å². The van der Waals surface area contributed by atoms with Gasteiger partial charge in [-0.3, -0.25) is 4.98 Å². The molecule has 0 spiro atoms. The first kappa shape index (κ1) is 13.7. The molecule has 0 aliphatic rings. The molecule has 0 N–H and O–H groups in total. The maximum Gasteiger partial charge on any atom is 0.143 e. The number of benzene rings is 1. The molecule has 4 rings (SSSR count). The summed E-state index contributed by atoms with van der Waals surface area (Å²) < 4.78 is 7.39. The lowest BCUT2D eigenvalue weighted by Gasteiger charge is -2.06. The summed E-state index contributed by atoms with van der Waals surface area (Å²) in [5, 5.41) is 4.01. The molecule has 5 nitrogen and oxygen atoms in total. The van der Waals surface area contributed by atoms with Crippen LogP contribution in [0.5, 0.6) is 0 Å². The molecule has 3 aromatic heterocycles. The number of hydrogen-bond acceptors (Lipinski definition) is 4. The normalized spacial score (nSPS) is 11.2. The Morgan fingerprint density at radius 1 is 1.09 bits per heavy atom. The van der Waals surface area contributed by atoms with Crippen LogP contribution in [-0.2, 0) is 6.54 Å². The van der Waals surface area contributed by atoms with Gasteiger partial charge < -0.3 is 9.09 Å². The summed E-state index contributed by atoms with van der Waals surface area (Å²) >= 11 is 0. The molecule has 0 radical (unpaired) electrons. The summed E-state index contributed by atoms with van der Waals surface area (Å²) in [5.74, 6) is 0.781. The van der Waals surface area contributed by atoms with Gasteiger partial charge in [0.25, 0.3) is 0 Å². The third-order valence-electron chi connectivity index (χ3n) is 3.99. The molecule has 0 aliphatic carbocycles. The van der Waals surface area contributed by atoms with Gasteiger partial charge in [-0.1, -0.05) is 35.5 Å². The van der Waals surface area contributed by atoms with Crippen LogP contribution >= 0.6 is 0 Å². The number of rotatable bonds is 3. The van der Waals surface area contributed by atoms with Crippen LogP contribution in [0, 0.1) is 13.8 Å². The molecule has 3 heterocycles. The van der Waals surface area contributed by atoms with E-state index >= 15 is 0 Å². The molecule has 1 aromatic carbocycles. The molecular formula is C18H16N4O. The van der Waals surface area contributed by atoms with Crippen molar-refractivity contribution < 1.29 is 4.52 Å². The average Bonchev–Trinajstić information content (AvgIpc) is 3.12. The third-order valence-corrected chi connectivity index (χ3v) is 3.99. The maximum absolute atomic E-state index is 5.26. The number of fused-ring (bicyclic) bond motifs is 1. The maximum atomic E-state index is 5.26. The highest BCUT2D eigenvalue weighted by molar-refractivity contribution is 5.80. The molecular weight excluding hydrogens is 288 g/mol. The van der Waals surface area contributed by atoms with Gasteiger partial charge in [-0.05, 0) is 25.5 Å². The van der Waals surface area contributed by atoms with Gasteiger partial charge in [0.15, 0.2) is 0 Å². The summed E-state index contributed by atoms with van der Waals surface area (Å²) in [6, 6.07) is 12.4. The van der Waals surface area contributed by atoms with Crippen molar-refractivity contribution in [2.24, 2.45) is 0 Å². The van der Waals surface area contributed by atoms with Crippen LogP contribution < -0.4 is 0 Å². The second-order valence-corrected chi connectivity index (χ2v) is 5.62. The molecule has 5 heteroatoms. The SMILES string of the molecule is Cc1noc(C)c1-c1cc2c(cn1)ncn2Cc1ccccc1. The highest BCUT2D eigenvalue weighted by Gasteiger charge is 2.14. The largest absolute Gasteiger partial charge is 0.361 e. The summed E-state index contributed by atoms with van der Waals surface area (Å²) in [4.78, 5) is 8.96. The first-order chi connectivity index (χ1) is 11.2. The fourth-order valence-electron chi connectivity index (χ4n) is 2.85. The van der Waals surface area contributed by atoms with E-state index in [1.807, 2.05) is 38.4 Å². The summed E-state index contributed by atoms with van der Waals surface area (Å²) in [7, 11) is 0. The molecule has 0 saturated carbocycles. The molecule has 0 atom stereocenters. The Morgan fingerprint density at radius 3 is 2.65 bits per heavy atom. The van der Waals surface area contributed by atoms with Gasteiger partial charge in [0.05, 0.1) is 35.0 Å². The van der Waals surface area contributed by atoms with Gasteiger partial charge in [-0.2, -0.15) is 0 Å². The Morgan fingerprint density at radius 2 is 1.91 bits per heavy atom. The third kappa shape index (κ3) is 2.40. The summed E-state index contributed by atoms with van der Waals surface area (Å²) in [6.07, 6.45) is 3.66. The fraction of sp³-hybridized carbons (Fsp3) is 0.167. The monoisotopic (exact) mass is 304 g/mol. The van der Waals surface area contributed by atoms with E-state index in [0.29, 0.717) is 0 Å². The van der Waals surface area contributed by atoms with Gasteiger partial charge >= 0.3 is 0 Å². The quantitative estimate of drug-likeness (QED) is 0.578. The number of pyridine rings is 1. The Hall–Kier alpha value is -2.95. The molecule has 0 unspecified atom stereocenters. The second-order valence-electron chi connectivity index (χ2n) is 5.62. The van der Waals surface area contributed by atoms with Gasteiger partial charge in [-0.15, -0.1) is 0 Å². The minimum absolute atomic E-state index is 0.780. The van der Waals surface area contributed by atoms with Gasteiger partial charge in [0, 0.05) is 6.54 Å². The summed E-state index contributed by atoms with van der Waals surface area (Å²) in [6.45, 7) is 4.61. The van der Waals surface area contributed by atoms with Crippen molar-refractivity contribution in [3.05, 3.63) is 65.9 Å². The number of imidazole rings is 1. The molecule has 114 valence electrons. The van der Waals surface area contributed by atoms with Gasteiger partial charge in [0.2, 0.25) is 0 Å². The minimum Gasteiger partial charge on any atom is -0.361 e. The molecule has 23 heavy (non-hydrogen) atoms. The standard InChI is InChI=1S/C18H16N4O/c1-12-18(13(2)23-21-12)15-8-17-16(9-19-15)20-11-22(17)10-14-6-4-3-5-7-14/h3-9,11H,10H2,1-2H3. The minimum atomic E-state index is 0.780. The number of hydrogen-bond donors (Lipinski definition) is 0. The summed E-state index contributed by atoms with van der Waals surface area (Å²) in [5.41, 5.74) is 5.85. The van der Waals surface area contributed by atoms with Gasteiger partial charge in [0.1, 0.15) is 11.3 Å². The second kappa shape index (κ2) is 5.35. The fourth-order valence-corrected chi connectivity index (χ4v) is 2.85. The van der Waals surface area contributed by atoms with Crippen LogP contribution in [-0.4, -0.2) is 19.7 Å². The van der Waals surface area contributed by atoms with E-state index in [4.69, 9.17) is 4.52 Å². The van der Waals surface area contributed by atoms with Crippen molar-refractivity contribution in [3.8, 4) is 11.3 Å². The van der Waals surface area contributed by atoms with Crippen molar-refractivity contribution in [2.75, 3.05) is 0 Å². The molecule has 0 saturated heterocycles. The zero-order valence-corrected chi connectivity index (χ0v) is 13.0. The zero-order chi connectivity index (χ0) is 15.8.